The summed E-state index contributed by atoms with van der Waals surface area (Å²) in [6.45, 7) is 6.33. The van der Waals surface area contributed by atoms with Crippen LogP contribution in [0.4, 0.5) is 0 Å². The van der Waals surface area contributed by atoms with E-state index in [1.165, 1.54) is 41.3 Å². The van der Waals surface area contributed by atoms with Gasteiger partial charge in [0.1, 0.15) is 11.4 Å². The molecule has 4 aromatic rings. The number of amides is 1. The highest BCUT2D eigenvalue weighted by Gasteiger charge is 2.30. The third-order valence-corrected chi connectivity index (χ3v) is 8.62. The molecule has 1 amide bonds. The van der Waals surface area contributed by atoms with Crippen LogP contribution in [0.25, 0.3) is 21.8 Å². The van der Waals surface area contributed by atoms with Gasteiger partial charge < -0.3 is 24.5 Å². The van der Waals surface area contributed by atoms with Crippen LogP contribution in [0.15, 0.2) is 48.7 Å². The Kier molecular flexibility index (Phi) is 6.68. The Morgan fingerprint density at radius 2 is 1.86 bits per heavy atom. The van der Waals surface area contributed by atoms with Crippen molar-refractivity contribution in [2.45, 2.75) is 57.4 Å². The van der Waals surface area contributed by atoms with Crippen molar-refractivity contribution < 1.29 is 9.53 Å². The van der Waals surface area contributed by atoms with Crippen LogP contribution >= 0.6 is 0 Å². The van der Waals surface area contributed by atoms with Crippen molar-refractivity contribution >= 4 is 27.7 Å². The molecule has 2 fully saturated rings. The van der Waals surface area contributed by atoms with E-state index in [0.717, 1.165) is 62.1 Å². The Labute approximate surface area is 219 Å². The number of carbonyl (C=O) groups is 1. The molecule has 2 aromatic carbocycles. The van der Waals surface area contributed by atoms with Crippen LogP contribution in [-0.4, -0.2) is 65.0 Å². The summed E-state index contributed by atoms with van der Waals surface area (Å²) in [6.07, 6.45) is 9.09. The lowest BCUT2D eigenvalue weighted by Crippen LogP contribution is -2.46. The molecule has 2 saturated heterocycles. The number of fused-ring (bicyclic) bond motifs is 2. The molecule has 0 radical (unpaired) electrons. The first-order valence-electron chi connectivity index (χ1n) is 13.9. The predicted molar refractivity (Wildman–Crippen MR) is 150 cm³/mol. The predicted octanol–water partition coefficient (Wildman–Crippen LogP) is 6.23. The monoisotopic (exact) mass is 498 g/mol. The number of aromatic amines is 2. The minimum absolute atomic E-state index is 0.133. The number of rotatable bonds is 6. The van der Waals surface area contributed by atoms with Gasteiger partial charge in [-0.3, -0.25) is 4.79 Å². The highest BCUT2D eigenvalue weighted by atomic mass is 16.5. The number of H-pyrrole nitrogens is 2. The largest absolute Gasteiger partial charge is 0.497 e. The molecule has 4 heterocycles. The number of carbonyl (C=O) groups excluding carboxylic acids is 1. The molecule has 37 heavy (non-hydrogen) atoms. The SMILES string of the molecule is COc1ccc2[nH]c(C(=O)N3CCCC[C@H]3CCN3CCC(c4c[nH]c5cc(C)ccc45)CC3)cc2c1. The average Bonchev–Trinajstić information content (AvgIpc) is 3.55. The molecule has 6 rings (SSSR count). The average molecular weight is 499 g/mol. The standard InChI is InChI=1S/C31H38N4O2/c1-21-6-8-26-27(20-32-29(26)17-21)22-10-14-34(15-11-22)16-12-24-5-3-4-13-35(24)31(36)30-19-23-18-25(37-2)7-9-28(23)33-30/h6-9,17-20,22,24,32-33H,3-5,10-16H2,1-2H3/t24-/m0/s1. The minimum Gasteiger partial charge on any atom is -0.497 e. The van der Waals surface area contributed by atoms with E-state index in [1.54, 1.807) is 7.11 Å². The van der Waals surface area contributed by atoms with Crippen LogP contribution < -0.4 is 4.74 Å². The number of hydrogen-bond donors (Lipinski definition) is 2. The maximum absolute atomic E-state index is 13.5. The van der Waals surface area contributed by atoms with E-state index in [0.29, 0.717) is 17.7 Å². The third kappa shape index (κ3) is 4.87. The fourth-order valence-corrected chi connectivity index (χ4v) is 6.48. The highest BCUT2D eigenvalue weighted by molar-refractivity contribution is 5.98. The van der Waals surface area contributed by atoms with Gasteiger partial charge in [-0.05, 0) is 106 Å². The highest BCUT2D eigenvalue weighted by Crippen LogP contribution is 2.34. The molecule has 0 aliphatic carbocycles. The van der Waals surface area contributed by atoms with Gasteiger partial charge in [0.2, 0.25) is 0 Å². The van der Waals surface area contributed by atoms with Crippen LogP contribution in [-0.2, 0) is 0 Å². The molecule has 2 aliphatic rings. The molecule has 0 unspecified atom stereocenters. The molecule has 1 atom stereocenters. The molecule has 194 valence electrons. The van der Waals surface area contributed by atoms with Gasteiger partial charge in [-0.15, -0.1) is 0 Å². The Hall–Kier alpha value is -3.25. The minimum atomic E-state index is 0.133. The number of piperidine rings is 2. The first-order chi connectivity index (χ1) is 18.1. The van der Waals surface area contributed by atoms with Gasteiger partial charge in [0.05, 0.1) is 7.11 Å². The molecule has 2 aliphatic heterocycles. The summed E-state index contributed by atoms with van der Waals surface area (Å²) in [5.41, 5.74) is 5.70. The van der Waals surface area contributed by atoms with Crippen LogP contribution in [0.2, 0.25) is 0 Å². The molecule has 6 nitrogen and oxygen atoms in total. The number of hydrogen-bond acceptors (Lipinski definition) is 3. The molecule has 6 heteroatoms. The maximum Gasteiger partial charge on any atom is 0.270 e. The van der Waals surface area contributed by atoms with E-state index in [9.17, 15) is 4.79 Å². The van der Waals surface area contributed by atoms with Crippen molar-refractivity contribution in [1.82, 2.24) is 19.8 Å². The number of nitrogens with one attached hydrogen (secondary N) is 2. The molecule has 0 spiro atoms. The zero-order valence-electron chi connectivity index (χ0n) is 22.1. The summed E-state index contributed by atoms with van der Waals surface area (Å²) in [6, 6.07) is 14.9. The van der Waals surface area contributed by atoms with Crippen molar-refractivity contribution in [1.29, 1.82) is 0 Å². The lowest BCUT2D eigenvalue weighted by molar-refractivity contribution is 0.0573. The van der Waals surface area contributed by atoms with Gasteiger partial charge in [-0.1, -0.05) is 12.1 Å². The Morgan fingerprint density at radius 3 is 2.70 bits per heavy atom. The van der Waals surface area contributed by atoms with Gasteiger partial charge >= 0.3 is 0 Å². The van der Waals surface area contributed by atoms with Crippen LogP contribution in [0, 0.1) is 6.92 Å². The van der Waals surface area contributed by atoms with Gasteiger partial charge in [0, 0.05) is 47.1 Å². The molecule has 2 N–H and O–H groups in total. The summed E-state index contributed by atoms with van der Waals surface area (Å²) in [5.74, 6) is 1.57. The van der Waals surface area contributed by atoms with E-state index in [4.69, 9.17) is 4.74 Å². The van der Waals surface area contributed by atoms with E-state index in [1.807, 2.05) is 24.3 Å². The lowest BCUT2D eigenvalue weighted by atomic mass is 9.88. The van der Waals surface area contributed by atoms with E-state index in [-0.39, 0.29) is 5.91 Å². The first kappa shape index (κ1) is 24.1. The fraction of sp³-hybridized carbons (Fsp3) is 0.452. The van der Waals surface area contributed by atoms with Crippen molar-refractivity contribution in [3.05, 3.63) is 65.5 Å². The number of aromatic nitrogens is 2. The second kappa shape index (κ2) is 10.3. The van der Waals surface area contributed by atoms with Gasteiger partial charge in [0.15, 0.2) is 0 Å². The smallest absolute Gasteiger partial charge is 0.270 e. The Balaban J connectivity index is 1.07. The van der Waals surface area contributed by atoms with Crippen molar-refractivity contribution in [2.75, 3.05) is 33.3 Å². The number of likely N-dealkylation sites (tertiary alicyclic amines) is 2. The maximum atomic E-state index is 13.5. The molecule has 2 aromatic heterocycles. The summed E-state index contributed by atoms with van der Waals surface area (Å²) in [5, 5.41) is 2.40. The fourth-order valence-electron chi connectivity index (χ4n) is 6.48. The summed E-state index contributed by atoms with van der Waals surface area (Å²) >= 11 is 0. The van der Waals surface area contributed by atoms with E-state index < -0.39 is 0 Å². The zero-order valence-corrected chi connectivity index (χ0v) is 22.1. The van der Waals surface area contributed by atoms with E-state index in [2.05, 4.69) is 51.1 Å². The zero-order chi connectivity index (χ0) is 25.4. The molecular weight excluding hydrogens is 460 g/mol. The number of aryl methyl sites for hydroxylation is 1. The van der Waals surface area contributed by atoms with E-state index >= 15 is 0 Å². The summed E-state index contributed by atoms with van der Waals surface area (Å²) in [4.78, 5) is 25.1. The number of methoxy groups -OCH3 is 1. The quantitative estimate of drug-likeness (QED) is 0.331. The van der Waals surface area contributed by atoms with Gasteiger partial charge in [0.25, 0.3) is 5.91 Å². The van der Waals surface area contributed by atoms with Crippen molar-refractivity contribution in [3.63, 3.8) is 0 Å². The topological polar surface area (TPSA) is 64.4 Å². The first-order valence-corrected chi connectivity index (χ1v) is 13.9. The van der Waals surface area contributed by atoms with Crippen LogP contribution in [0.1, 0.15) is 66.1 Å². The lowest BCUT2D eigenvalue weighted by Gasteiger charge is -2.38. The number of ether oxygens (including phenoxy) is 1. The van der Waals surface area contributed by atoms with Gasteiger partial charge in [-0.25, -0.2) is 0 Å². The summed E-state index contributed by atoms with van der Waals surface area (Å²) in [7, 11) is 1.67. The summed E-state index contributed by atoms with van der Waals surface area (Å²) < 4.78 is 5.35. The normalized spacial score (nSPS) is 19.6. The Morgan fingerprint density at radius 1 is 1.00 bits per heavy atom. The van der Waals surface area contributed by atoms with Crippen LogP contribution in [0.5, 0.6) is 5.75 Å². The number of nitrogens with zero attached hydrogens (tertiary/aromatic N) is 2. The molecular formula is C31H38N4O2. The van der Waals surface area contributed by atoms with Crippen LogP contribution in [0.3, 0.4) is 0 Å². The van der Waals surface area contributed by atoms with Crippen molar-refractivity contribution in [2.24, 2.45) is 0 Å². The molecule has 0 saturated carbocycles. The Bertz CT molecular complexity index is 1390. The van der Waals surface area contributed by atoms with Gasteiger partial charge in [-0.2, -0.15) is 0 Å². The molecule has 0 bridgehead atoms. The van der Waals surface area contributed by atoms with Crippen molar-refractivity contribution in [3.8, 4) is 5.75 Å². The second-order valence-corrected chi connectivity index (χ2v) is 11.0. The number of benzene rings is 2. The second-order valence-electron chi connectivity index (χ2n) is 11.0. The third-order valence-electron chi connectivity index (χ3n) is 8.62.